The zero-order valence-electron chi connectivity index (χ0n) is 12.9. The van der Waals surface area contributed by atoms with E-state index in [0.29, 0.717) is 18.7 Å². The highest BCUT2D eigenvalue weighted by Gasteiger charge is 2.41. The van der Waals surface area contributed by atoms with E-state index >= 15 is 0 Å². The van der Waals surface area contributed by atoms with Crippen molar-refractivity contribution >= 4 is 17.0 Å². The molecule has 4 heteroatoms. The molecule has 0 aliphatic rings. The van der Waals surface area contributed by atoms with Crippen molar-refractivity contribution in [2.45, 2.75) is 57.8 Å². The highest BCUT2D eigenvalue weighted by atomic mass is 16.4. The van der Waals surface area contributed by atoms with Crippen LogP contribution in [0.4, 0.5) is 0 Å². The van der Waals surface area contributed by atoms with Gasteiger partial charge in [0.15, 0.2) is 0 Å². The molecular weight excluding hydrogens is 264 g/mol. The van der Waals surface area contributed by atoms with Gasteiger partial charge in [-0.2, -0.15) is 0 Å². The van der Waals surface area contributed by atoms with Crippen molar-refractivity contribution < 1.29 is 9.90 Å². The lowest BCUT2D eigenvalue weighted by atomic mass is 9.79. The van der Waals surface area contributed by atoms with Gasteiger partial charge in [-0.25, -0.2) is 4.98 Å². The monoisotopic (exact) mass is 288 g/mol. The van der Waals surface area contributed by atoms with Crippen molar-refractivity contribution in [3.05, 3.63) is 30.1 Å². The number of benzene rings is 1. The third-order valence-corrected chi connectivity index (χ3v) is 4.31. The fourth-order valence-corrected chi connectivity index (χ4v) is 2.86. The Balaban J connectivity index is 2.31. The number of hydrogen-bond acceptors (Lipinski definition) is 2. The highest BCUT2D eigenvalue weighted by Crippen LogP contribution is 2.33. The van der Waals surface area contributed by atoms with Crippen LogP contribution in [-0.2, 0) is 10.2 Å². The molecule has 0 aliphatic carbocycles. The van der Waals surface area contributed by atoms with Gasteiger partial charge < -0.3 is 10.1 Å². The number of unbranched alkanes of at least 4 members (excludes halogenated alkanes) is 3. The SMILES string of the molecule is CCCCCCC(CC)(C(=O)O)c1nc2ccccc2[nH]1. The average molecular weight is 288 g/mol. The smallest absolute Gasteiger partial charge is 0.317 e. The normalized spacial score (nSPS) is 14.2. The van der Waals surface area contributed by atoms with E-state index in [9.17, 15) is 9.90 Å². The van der Waals surface area contributed by atoms with Crippen LogP contribution in [0, 0.1) is 0 Å². The summed E-state index contributed by atoms with van der Waals surface area (Å²) in [7, 11) is 0. The lowest BCUT2D eigenvalue weighted by Crippen LogP contribution is -2.36. The molecule has 0 saturated heterocycles. The molecule has 0 radical (unpaired) electrons. The molecule has 0 saturated carbocycles. The maximum Gasteiger partial charge on any atom is 0.317 e. The second-order valence-corrected chi connectivity index (χ2v) is 5.65. The number of aliphatic carboxylic acids is 1. The van der Waals surface area contributed by atoms with E-state index in [2.05, 4.69) is 16.9 Å². The topological polar surface area (TPSA) is 66.0 Å². The van der Waals surface area contributed by atoms with Gasteiger partial charge in [-0.05, 0) is 25.0 Å². The number of hydrogen-bond donors (Lipinski definition) is 2. The van der Waals surface area contributed by atoms with Gasteiger partial charge in [0.2, 0.25) is 0 Å². The molecule has 2 rings (SSSR count). The number of carboxylic acid groups (broad SMARTS) is 1. The summed E-state index contributed by atoms with van der Waals surface area (Å²) in [6, 6.07) is 7.70. The van der Waals surface area contributed by atoms with E-state index in [-0.39, 0.29) is 0 Å². The molecule has 0 bridgehead atoms. The summed E-state index contributed by atoms with van der Waals surface area (Å²) >= 11 is 0. The van der Waals surface area contributed by atoms with Crippen molar-refractivity contribution in [1.82, 2.24) is 9.97 Å². The minimum absolute atomic E-state index is 0.550. The Morgan fingerprint density at radius 3 is 2.62 bits per heavy atom. The van der Waals surface area contributed by atoms with Gasteiger partial charge in [0.1, 0.15) is 11.2 Å². The van der Waals surface area contributed by atoms with Crippen LogP contribution in [0.2, 0.25) is 0 Å². The molecule has 0 amide bonds. The Morgan fingerprint density at radius 2 is 2.00 bits per heavy atom. The van der Waals surface area contributed by atoms with Crippen LogP contribution in [-0.4, -0.2) is 21.0 Å². The Bertz CT molecular complexity index is 573. The van der Waals surface area contributed by atoms with Crippen molar-refractivity contribution in [2.75, 3.05) is 0 Å². The van der Waals surface area contributed by atoms with Gasteiger partial charge in [-0.15, -0.1) is 0 Å². The van der Waals surface area contributed by atoms with Gasteiger partial charge in [0.25, 0.3) is 0 Å². The predicted octanol–water partition coefficient (Wildman–Crippen LogP) is 4.27. The summed E-state index contributed by atoms with van der Waals surface area (Å²) in [5, 5.41) is 9.80. The van der Waals surface area contributed by atoms with Crippen molar-refractivity contribution in [2.24, 2.45) is 0 Å². The number of carboxylic acids is 1. The van der Waals surface area contributed by atoms with Crippen molar-refractivity contribution in [3.63, 3.8) is 0 Å². The number of fused-ring (bicyclic) bond motifs is 1. The number of carbonyl (C=O) groups is 1. The quantitative estimate of drug-likeness (QED) is 0.713. The van der Waals surface area contributed by atoms with Crippen LogP contribution in [0.15, 0.2) is 24.3 Å². The first-order valence-corrected chi connectivity index (χ1v) is 7.82. The van der Waals surface area contributed by atoms with Gasteiger partial charge in [-0.1, -0.05) is 51.7 Å². The molecule has 1 atom stereocenters. The minimum Gasteiger partial charge on any atom is -0.480 e. The molecular formula is C17H24N2O2. The van der Waals surface area contributed by atoms with E-state index in [0.717, 1.165) is 36.7 Å². The van der Waals surface area contributed by atoms with Gasteiger partial charge >= 0.3 is 5.97 Å². The summed E-state index contributed by atoms with van der Waals surface area (Å²) in [6.45, 7) is 4.09. The largest absolute Gasteiger partial charge is 0.480 e. The molecule has 0 aliphatic heterocycles. The standard InChI is InChI=1S/C17H24N2O2/c1-3-5-6-9-12-17(4-2,16(20)21)15-18-13-10-7-8-11-14(13)19-15/h7-8,10-11H,3-6,9,12H2,1-2H3,(H,18,19)(H,20,21). The fraction of sp³-hybridized carbons (Fsp3) is 0.529. The average Bonchev–Trinajstić information content (AvgIpc) is 2.91. The van der Waals surface area contributed by atoms with Crippen LogP contribution in [0.3, 0.4) is 0 Å². The highest BCUT2D eigenvalue weighted by molar-refractivity contribution is 5.83. The minimum atomic E-state index is -0.896. The second-order valence-electron chi connectivity index (χ2n) is 5.65. The lowest BCUT2D eigenvalue weighted by Gasteiger charge is -2.26. The zero-order valence-corrected chi connectivity index (χ0v) is 12.9. The molecule has 2 N–H and O–H groups in total. The molecule has 1 unspecified atom stereocenters. The molecule has 21 heavy (non-hydrogen) atoms. The van der Waals surface area contributed by atoms with E-state index in [1.54, 1.807) is 0 Å². The molecule has 1 aromatic carbocycles. The second kappa shape index (κ2) is 6.74. The number of para-hydroxylation sites is 2. The lowest BCUT2D eigenvalue weighted by molar-refractivity contribution is -0.144. The van der Waals surface area contributed by atoms with E-state index in [4.69, 9.17) is 0 Å². The molecule has 0 fully saturated rings. The van der Waals surface area contributed by atoms with Crippen molar-refractivity contribution in [1.29, 1.82) is 0 Å². The fourth-order valence-electron chi connectivity index (χ4n) is 2.86. The van der Waals surface area contributed by atoms with E-state index in [1.807, 2.05) is 31.2 Å². The maximum absolute atomic E-state index is 11.9. The third-order valence-electron chi connectivity index (χ3n) is 4.31. The first-order chi connectivity index (χ1) is 10.1. The number of aromatic nitrogens is 2. The molecule has 1 heterocycles. The summed E-state index contributed by atoms with van der Waals surface area (Å²) in [6.07, 6.45) is 5.49. The zero-order chi connectivity index (χ0) is 15.3. The number of imidazole rings is 1. The number of nitrogens with zero attached hydrogens (tertiary/aromatic N) is 1. The first kappa shape index (κ1) is 15.5. The van der Waals surface area contributed by atoms with E-state index < -0.39 is 11.4 Å². The van der Waals surface area contributed by atoms with Crippen LogP contribution in [0.5, 0.6) is 0 Å². The number of aromatic amines is 1. The van der Waals surface area contributed by atoms with Gasteiger partial charge in [-0.3, -0.25) is 4.79 Å². The Labute approximate surface area is 125 Å². The molecule has 114 valence electrons. The number of rotatable bonds is 8. The van der Waals surface area contributed by atoms with Crippen LogP contribution in [0.1, 0.15) is 58.2 Å². The first-order valence-electron chi connectivity index (χ1n) is 7.82. The third kappa shape index (κ3) is 3.09. The van der Waals surface area contributed by atoms with Crippen LogP contribution < -0.4 is 0 Å². The Morgan fingerprint density at radius 1 is 1.24 bits per heavy atom. The summed E-state index contributed by atoms with van der Waals surface area (Å²) < 4.78 is 0. The van der Waals surface area contributed by atoms with Crippen molar-refractivity contribution in [3.8, 4) is 0 Å². The van der Waals surface area contributed by atoms with Crippen LogP contribution >= 0.6 is 0 Å². The predicted molar refractivity (Wildman–Crippen MR) is 84.5 cm³/mol. The van der Waals surface area contributed by atoms with Crippen LogP contribution in [0.25, 0.3) is 11.0 Å². The summed E-state index contributed by atoms with van der Waals surface area (Å²) in [4.78, 5) is 19.7. The number of H-pyrrole nitrogens is 1. The number of nitrogens with one attached hydrogen (secondary N) is 1. The molecule has 0 spiro atoms. The maximum atomic E-state index is 11.9. The Hall–Kier alpha value is -1.84. The summed E-state index contributed by atoms with van der Waals surface area (Å²) in [5.74, 6) is -0.184. The molecule has 2 aromatic rings. The van der Waals surface area contributed by atoms with Gasteiger partial charge in [0.05, 0.1) is 11.0 Å². The van der Waals surface area contributed by atoms with Gasteiger partial charge in [0, 0.05) is 0 Å². The van der Waals surface area contributed by atoms with E-state index in [1.165, 1.54) is 0 Å². The Kier molecular flexibility index (Phi) is 4.99. The molecule has 4 nitrogen and oxygen atoms in total. The summed E-state index contributed by atoms with van der Waals surface area (Å²) in [5.41, 5.74) is 0.840. The molecule has 1 aromatic heterocycles.